The Kier molecular flexibility index (Phi) is 2.68. The molecule has 1 saturated carbocycles. The van der Waals surface area contributed by atoms with Crippen molar-refractivity contribution in [1.29, 1.82) is 0 Å². The largest absolute Gasteiger partial charge is 0.467 e. The molecule has 1 aromatic carbocycles. The van der Waals surface area contributed by atoms with Crippen LogP contribution in [0.15, 0.2) is 24.3 Å². The van der Waals surface area contributed by atoms with Crippen molar-refractivity contribution in [3.63, 3.8) is 0 Å². The highest BCUT2D eigenvalue weighted by Crippen LogP contribution is 2.46. The maximum absolute atomic E-state index is 12.9. The van der Waals surface area contributed by atoms with E-state index in [1.165, 1.54) is 0 Å². The van der Waals surface area contributed by atoms with Gasteiger partial charge in [-0.3, -0.25) is 0 Å². The Hall–Kier alpha value is -1.09. The van der Waals surface area contributed by atoms with Crippen LogP contribution in [0.5, 0.6) is 5.75 Å². The van der Waals surface area contributed by atoms with Crippen molar-refractivity contribution in [2.24, 2.45) is 0 Å². The normalized spacial score (nSPS) is 24.7. The van der Waals surface area contributed by atoms with Gasteiger partial charge in [0.05, 0.1) is 0 Å². The fourth-order valence-corrected chi connectivity index (χ4v) is 1.53. The molecule has 1 aliphatic rings. The standard InChI is InChI=1S/C11H13FO2/c1-13-7-14-11-5-3-2-4-8(11)9-6-10(9)12/h2-5,9-10H,6-7H2,1H3. The van der Waals surface area contributed by atoms with Gasteiger partial charge in [-0.15, -0.1) is 0 Å². The zero-order chi connectivity index (χ0) is 9.97. The zero-order valence-electron chi connectivity index (χ0n) is 8.07. The number of hydrogen-bond donors (Lipinski definition) is 0. The monoisotopic (exact) mass is 196 g/mol. The molecule has 1 aromatic rings. The summed E-state index contributed by atoms with van der Waals surface area (Å²) in [6.45, 7) is 0.209. The summed E-state index contributed by atoms with van der Waals surface area (Å²) in [6.07, 6.45) is -0.0739. The maximum atomic E-state index is 12.9. The number of rotatable bonds is 4. The summed E-state index contributed by atoms with van der Waals surface area (Å²) in [5.74, 6) is 0.766. The molecule has 2 unspecified atom stereocenters. The molecule has 76 valence electrons. The summed E-state index contributed by atoms with van der Waals surface area (Å²) in [5.41, 5.74) is 0.956. The summed E-state index contributed by atoms with van der Waals surface area (Å²) < 4.78 is 23.0. The van der Waals surface area contributed by atoms with Gasteiger partial charge in [-0.2, -0.15) is 0 Å². The molecule has 0 amide bonds. The van der Waals surface area contributed by atoms with E-state index in [0.29, 0.717) is 6.42 Å². The van der Waals surface area contributed by atoms with Crippen LogP contribution < -0.4 is 4.74 Å². The van der Waals surface area contributed by atoms with Gasteiger partial charge in [0.25, 0.3) is 0 Å². The number of hydrogen-bond acceptors (Lipinski definition) is 2. The Labute approximate surface area is 82.6 Å². The SMILES string of the molecule is COCOc1ccccc1C1CC1F. The highest BCUT2D eigenvalue weighted by Gasteiger charge is 2.40. The number of alkyl halides is 1. The van der Waals surface area contributed by atoms with Gasteiger partial charge in [-0.1, -0.05) is 18.2 Å². The van der Waals surface area contributed by atoms with E-state index >= 15 is 0 Å². The molecule has 3 heteroatoms. The molecule has 2 atom stereocenters. The van der Waals surface area contributed by atoms with Crippen LogP contribution in [0.4, 0.5) is 4.39 Å². The minimum atomic E-state index is -0.692. The van der Waals surface area contributed by atoms with Crippen LogP contribution in [0.25, 0.3) is 0 Å². The molecule has 1 aliphatic carbocycles. The van der Waals surface area contributed by atoms with Gasteiger partial charge in [0.1, 0.15) is 11.9 Å². The number of methoxy groups -OCH3 is 1. The smallest absolute Gasteiger partial charge is 0.188 e. The molecule has 0 saturated heterocycles. The first kappa shape index (κ1) is 9.46. The minimum absolute atomic E-state index is 0.0306. The van der Waals surface area contributed by atoms with Gasteiger partial charge >= 0.3 is 0 Å². The van der Waals surface area contributed by atoms with Crippen molar-refractivity contribution in [1.82, 2.24) is 0 Å². The van der Waals surface area contributed by atoms with Crippen LogP contribution in [-0.2, 0) is 4.74 Å². The average Bonchev–Trinajstić information content (AvgIpc) is 2.93. The second kappa shape index (κ2) is 3.96. The van der Waals surface area contributed by atoms with E-state index in [1.807, 2.05) is 24.3 Å². The fourth-order valence-electron chi connectivity index (χ4n) is 1.53. The first-order chi connectivity index (χ1) is 6.83. The van der Waals surface area contributed by atoms with Gasteiger partial charge in [0, 0.05) is 18.6 Å². The number of para-hydroxylation sites is 1. The Balaban J connectivity index is 2.12. The first-order valence-corrected chi connectivity index (χ1v) is 4.67. The summed E-state index contributed by atoms with van der Waals surface area (Å²) in [7, 11) is 1.57. The van der Waals surface area contributed by atoms with Crippen molar-refractivity contribution >= 4 is 0 Å². The Morgan fingerprint density at radius 2 is 2.14 bits per heavy atom. The van der Waals surface area contributed by atoms with E-state index in [-0.39, 0.29) is 12.7 Å². The topological polar surface area (TPSA) is 18.5 Å². The van der Waals surface area contributed by atoms with Crippen molar-refractivity contribution in [2.45, 2.75) is 18.5 Å². The van der Waals surface area contributed by atoms with Gasteiger partial charge in [0.2, 0.25) is 0 Å². The third kappa shape index (κ3) is 1.87. The molecule has 0 bridgehead atoms. The van der Waals surface area contributed by atoms with Crippen LogP contribution in [0.2, 0.25) is 0 Å². The Morgan fingerprint density at radius 1 is 1.43 bits per heavy atom. The first-order valence-electron chi connectivity index (χ1n) is 4.67. The molecule has 2 rings (SSSR count). The summed E-state index contributed by atoms with van der Waals surface area (Å²) in [4.78, 5) is 0. The summed E-state index contributed by atoms with van der Waals surface area (Å²) >= 11 is 0. The van der Waals surface area contributed by atoms with Gasteiger partial charge in [-0.25, -0.2) is 4.39 Å². The molecule has 14 heavy (non-hydrogen) atoms. The predicted octanol–water partition coefficient (Wildman–Crippen LogP) is 2.49. The molecule has 2 nitrogen and oxygen atoms in total. The molecular weight excluding hydrogens is 183 g/mol. The molecule has 0 heterocycles. The fraction of sp³-hybridized carbons (Fsp3) is 0.455. The van der Waals surface area contributed by atoms with E-state index in [0.717, 1.165) is 11.3 Å². The van der Waals surface area contributed by atoms with Crippen LogP contribution in [-0.4, -0.2) is 20.1 Å². The van der Waals surface area contributed by atoms with Crippen molar-refractivity contribution in [2.75, 3.05) is 13.9 Å². The van der Waals surface area contributed by atoms with Crippen molar-refractivity contribution in [3.8, 4) is 5.75 Å². The minimum Gasteiger partial charge on any atom is -0.467 e. The third-order valence-electron chi connectivity index (χ3n) is 2.36. The maximum Gasteiger partial charge on any atom is 0.188 e. The quantitative estimate of drug-likeness (QED) is 0.689. The van der Waals surface area contributed by atoms with Crippen LogP contribution in [0, 0.1) is 0 Å². The van der Waals surface area contributed by atoms with Crippen LogP contribution in [0.3, 0.4) is 0 Å². The zero-order valence-corrected chi connectivity index (χ0v) is 8.07. The molecule has 0 spiro atoms. The van der Waals surface area contributed by atoms with Gasteiger partial charge in [0.15, 0.2) is 6.79 Å². The second-order valence-corrected chi connectivity index (χ2v) is 3.45. The molecular formula is C11H13FO2. The van der Waals surface area contributed by atoms with E-state index < -0.39 is 6.17 Å². The molecule has 0 radical (unpaired) electrons. The number of ether oxygens (including phenoxy) is 2. The summed E-state index contributed by atoms with van der Waals surface area (Å²) in [5, 5.41) is 0. The van der Waals surface area contributed by atoms with Crippen LogP contribution >= 0.6 is 0 Å². The lowest BCUT2D eigenvalue weighted by Crippen LogP contribution is -2.01. The van der Waals surface area contributed by atoms with E-state index in [1.54, 1.807) is 7.11 Å². The molecule has 0 aromatic heterocycles. The van der Waals surface area contributed by atoms with Gasteiger partial charge in [-0.05, 0) is 12.5 Å². The molecule has 0 aliphatic heterocycles. The number of benzene rings is 1. The van der Waals surface area contributed by atoms with E-state index in [4.69, 9.17) is 9.47 Å². The lowest BCUT2D eigenvalue weighted by Gasteiger charge is -2.09. The number of halogens is 1. The van der Waals surface area contributed by atoms with Crippen molar-refractivity contribution in [3.05, 3.63) is 29.8 Å². The van der Waals surface area contributed by atoms with Gasteiger partial charge < -0.3 is 9.47 Å². The van der Waals surface area contributed by atoms with E-state index in [9.17, 15) is 4.39 Å². The predicted molar refractivity (Wildman–Crippen MR) is 51.2 cm³/mol. The Morgan fingerprint density at radius 3 is 2.79 bits per heavy atom. The third-order valence-corrected chi connectivity index (χ3v) is 2.36. The van der Waals surface area contributed by atoms with E-state index in [2.05, 4.69) is 0 Å². The lowest BCUT2D eigenvalue weighted by molar-refractivity contribution is 0.0503. The summed E-state index contributed by atoms with van der Waals surface area (Å²) in [6, 6.07) is 7.54. The van der Waals surface area contributed by atoms with Crippen LogP contribution in [0.1, 0.15) is 17.9 Å². The molecule has 0 N–H and O–H groups in total. The van der Waals surface area contributed by atoms with Crippen molar-refractivity contribution < 1.29 is 13.9 Å². The second-order valence-electron chi connectivity index (χ2n) is 3.45. The highest BCUT2D eigenvalue weighted by atomic mass is 19.1. The highest BCUT2D eigenvalue weighted by molar-refractivity contribution is 5.40. The Bertz CT molecular complexity index is 314. The molecule has 1 fully saturated rings. The lowest BCUT2D eigenvalue weighted by atomic mass is 10.1. The average molecular weight is 196 g/mol.